The highest BCUT2D eigenvalue weighted by atomic mass is 16.5. The van der Waals surface area contributed by atoms with Crippen LogP contribution in [-0.4, -0.2) is 52.1 Å². The van der Waals surface area contributed by atoms with E-state index in [0.717, 1.165) is 65.4 Å². The number of anilines is 1. The number of benzene rings is 2. The van der Waals surface area contributed by atoms with Gasteiger partial charge in [0.05, 0.1) is 32.7 Å². The Bertz CT molecular complexity index is 1590. The van der Waals surface area contributed by atoms with E-state index in [2.05, 4.69) is 27.5 Å². The highest BCUT2D eigenvalue weighted by molar-refractivity contribution is 5.96. The molecule has 0 fully saturated rings. The SMILES string of the molecule is COc1ccc(CNc2nc3c(OC)cccc3c3nc(CCN4Cc5cccnc5C4)cn23)c(OC)c1. The second-order valence-electron chi connectivity index (χ2n) is 9.32. The zero-order valence-corrected chi connectivity index (χ0v) is 21.8. The first-order valence-electron chi connectivity index (χ1n) is 12.6. The van der Waals surface area contributed by atoms with Crippen molar-refractivity contribution in [3.8, 4) is 17.2 Å². The van der Waals surface area contributed by atoms with E-state index >= 15 is 0 Å². The molecule has 1 N–H and O–H groups in total. The summed E-state index contributed by atoms with van der Waals surface area (Å²) >= 11 is 0. The third kappa shape index (κ3) is 4.45. The van der Waals surface area contributed by atoms with Crippen LogP contribution < -0.4 is 19.5 Å². The lowest BCUT2D eigenvalue weighted by atomic mass is 10.2. The molecule has 1 aliphatic heterocycles. The maximum absolute atomic E-state index is 5.63. The first-order valence-corrected chi connectivity index (χ1v) is 12.6. The van der Waals surface area contributed by atoms with Crippen molar-refractivity contribution in [3.05, 3.63) is 83.4 Å². The normalized spacial score (nSPS) is 13.1. The maximum atomic E-state index is 5.63. The summed E-state index contributed by atoms with van der Waals surface area (Å²) in [5, 5.41) is 4.44. The van der Waals surface area contributed by atoms with E-state index in [-0.39, 0.29) is 0 Å². The number of imidazole rings is 1. The Hall–Kier alpha value is -4.37. The lowest BCUT2D eigenvalue weighted by molar-refractivity contribution is 0.285. The van der Waals surface area contributed by atoms with Crippen LogP contribution in [0.4, 0.5) is 5.95 Å². The summed E-state index contributed by atoms with van der Waals surface area (Å²) in [5.41, 5.74) is 6.10. The van der Waals surface area contributed by atoms with Gasteiger partial charge in [0.1, 0.15) is 28.4 Å². The average Bonchev–Trinajstić information content (AvgIpc) is 3.58. The van der Waals surface area contributed by atoms with Crippen molar-refractivity contribution >= 4 is 22.5 Å². The first kappa shape index (κ1) is 24.0. The Kier molecular flexibility index (Phi) is 6.43. The van der Waals surface area contributed by atoms with E-state index in [4.69, 9.17) is 24.2 Å². The zero-order valence-electron chi connectivity index (χ0n) is 21.8. The molecule has 9 heteroatoms. The van der Waals surface area contributed by atoms with Crippen LogP contribution in [0.25, 0.3) is 16.6 Å². The van der Waals surface area contributed by atoms with Gasteiger partial charge >= 0.3 is 0 Å². The third-order valence-electron chi connectivity index (χ3n) is 7.03. The summed E-state index contributed by atoms with van der Waals surface area (Å²) in [6, 6.07) is 15.9. The van der Waals surface area contributed by atoms with E-state index < -0.39 is 0 Å². The molecule has 4 heterocycles. The van der Waals surface area contributed by atoms with Crippen LogP contribution in [-0.2, 0) is 26.1 Å². The fourth-order valence-electron chi connectivity index (χ4n) is 5.04. The monoisotopic (exact) mass is 510 g/mol. The van der Waals surface area contributed by atoms with Gasteiger partial charge in [0.25, 0.3) is 0 Å². The van der Waals surface area contributed by atoms with Gasteiger partial charge in [-0.15, -0.1) is 0 Å². The Labute approximate surface area is 221 Å². The number of fused-ring (bicyclic) bond motifs is 4. The maximum Gasteiger partial charge on any atom is 0.209 e. The molecule has 0 saturated carbocycles. The molecule has 1 aliphatic rings. The Balaban J connectivity index is 1.31. The van der Waals surface area contributed by atoms with Crippen LogP contribution >= 0.6 is 0 Å². The summed E-state index contributed by atoms with van der Waals surface area (Å²) in [6.07, 6.45) is 4.77. The molecule has 0 amide bonds. The van der Waals surface area contributed by atoms with E-state index in [1.54, 1.807) is 21.3 Å². The van der Waals surface area contributed by atoms with Crippen molar-refractivity contribution in [3.63, 3.8) is 0 Å². The Morgan fingerprint density at radius 2 is 1.82 bits per heavy atom. The highest BCUT2D eigenvalue weighted by Gasteiger charge is 2.20. The molecule has 6 rings (SSSR count). The fraction of sp³-hybridized carbons (Fsp3) is 0.276. The van der Waals surface area contributed by atoms with Gasteiger partial charge < -0.3 is 19.5 Å². The summed E-state index contributed by atoms with van der Waals surface area (Å²) in [4.78, 5) is 16.9. The van der Waals surface area contributed by atoms with Crippen molar-refractivity contribution in [2.75, 3.05) is 33.2 Å². The molecule has 0 atom stereocenters. The summed E-state index contributed by atoms with van der Waals surface area (Å²) in [6.45, 7) is 3.22. The predicted octanol–water partition coefficient (Wildman–Crippen LogP) is 4.47. The van der Waals surface area contributed by atoms with Crippen LogP contribution in [0.15, 0.2) is 60.9 Å². The van der Waals surface area contributed by atoms with Crippen LogP contribution in [0.5, 0.6) is 17.2 Å². The number of hydrogen-bond donors (Lipinski definition) is 1. The number of rotatable bonds is 9. The molecule has 0 spiro atoms. The van der Waals surface area contributed by atoms with Gasteiger partial charge in [-0.1, -0.05) is 12.1 Å². The summed E-state index contributed by atoms with van der Waals surface area (Å²) in [5.74, 6) is 2.89. The van der Waals surface area contributed by atoms with Crippen molar-refractivity contribution < 1.29 is 14.2 Å². The van der Waals surface area contributed by atoms with Gasteiger partial charge in [-0.3, -0.25) is 14.3 Å². The number of para-hydroxylation sites is 1. The van der Waals surface area contributed by atoms with Crippen molar-refractivity contribution in [2.45, 2.75) is 26.1 Å². The van der Waals surface area contributed by atoms with Crippen LogP contribution in [0.3, 0.4) is 0 Å². The van der Waals surface area contributed by atoms with Gasteiger partial charge in [-0.2, -0.15) is 0 Å². The van der Waals surface area contributed by atoms with Crippen LogP contribution in [0.2, 0.25) is 0 Å². The number of nitrogens with one attached hydrogen (secondary N) is 1. The second-order valence-corrected chi connectivity index (χ2v) is 9.32. The zero-order chi connectivity index (χ0) is 26.1. The van der Waals surface area contributed by atoms with Gasteiger partial charge in [-0.25, -0.2) is 9.97 Å². The molecule has 3 aromatic heterocycles. The molecule has 9 nitrogen and oxygen atoms in total. The minimum Gasteiger partial charge on any atom is -0.497 e. The molecule has 2 aromatic carbocycles. The van der Waals surface area contributed by atoms with E-state index in [9.17, 15) is 0 Å². The molecule has 0 unspecified atom stereocenters. The Morgan fingerprint density at radius 1 is 0.921 bits per heavy atom. The average molecular weight is 511 g/mol. The molecule has 0 radical (unpaired) electrons. The van der Waals surface area contributed by atoms with Gasteiger partial charge in [0.2, 0.25) is 5.95 Å². The number of aromatic nitrogens is 4. The lowest BCUT2D eigenvalue weighted by Gasteiger charge is -2.14. The van der Waals surface area contributed by atoms with Gasteiger partial charge in [0.15, 0.2) is 0 Å². The number of nitrogens with zero attached hydrogens (tertiary/aromatic N) is 5. The number of pyridine rings is 1. The van der Waals surface area contributed by atoms with Gasteiger partial charge in [-0.05, 0) is 35.9 Å². The molecule has 5 aromatic rings. The van der Waals surface area contributed by atoms with E-state index in [1.807, 2.05) is 53.1 Å². The number of methoxy groups -OCH3 is 3. The number of hydrogen-bond acceptors (Lipinski definition) is 8. The molecule has 38 heavy (non-hydrogen) atoms. The molecular weight excluding hydrogens is 480 g/mol. The minimum atomic E-state index is 0.516. The fourth-order valence-corrected chi connectivity index (χ4v) is 5.04. The van der Waals surface area contributed by atoms with Crippen LogP contribution in [0, 0.1) is 0 Å². The van der Waals surface area contributed by atoms with E-state index in [1.165, 1.54) is 11.3 Å². The topological polar surface area (TPSA) is 86.0 Å². The summed E-state index contributed by atoms with van der Waals surface area (Å²) in [7, 11) is 4.97. The Morgan fingerprint density at radius 3 is 2.63 bits per heavy atom. The van der Waals surface area contributed by atoms with Gasteiger partial charge in [0, 0.05) is 62.0 Å². The largest absolute Gasteiger partial charge is 0.497 e. The van der Waals surface area contributed by atoms with Crippen molar-refractivity contribution in [2.24, 2.45) is 0 Å². The molecular formula is C29H30N6O3. The molecule has 194 valence electrons. The molecule has 0 saturated heterocycles. The third-order valence-corrected chi connectivity index (χ3v) is 7.03. The lowest BCUT2D eigenvalue weighted by Crippen LogP contribution is -2.19. The molecule has 0 aliphatic carbocycles. The standard InChI is InChI=1S/C29H30N6O3/c1-36-22-10-9-19(26(14-22)38-3)15-31-29-33-27-23(7-4-8-25(27)37-2)28-32-21(17-35(28)29)11-13-34-16-20-6-5-12-30-24(20)18-34/h4-10,12,14,17H,11,13,15-16,18H2,1-3H3,(H,31,33). The second kappa shape index (κ2) is 10.2. The number of ether oxygens (including phenoxy) is 3. The highest BCUT2D eigenvalue weighted by Crippen LogP contribution is 2.30. The van der Waals surface area contributed by atoms with Crippen molar-refractivity contribution in [1.82, 2.24) is 24.3 Å². The minimum absolute atomic E-state index is 0.516. The van der Waals surface area contributed by atoms with E-state index in [0.29, 0.717) is 18.2 Å². The van der Waals surface area contributed by atoms with Crippen LogP contribution in [0.1, 0.15) is 22.5 Å². The predicted molar refractivity (Wildman–Crippen MR) is 146 cm³/mol. The quantitative estimate of drug-likeness (QED) is 0.311. The first-order chi connectivity index (χ1) is 18.7. The van der Waals surface area contributed by atoms with Crippen molar-refractivity contribution in [1.29, 1.82) is 0 Å². The smallest absolute Gasteiger partial charge is 0.209 e. The summed E-state index contributed by atoms with van der Waals surface area (Å²) < 4.78 is 18.6. The molecule has 0 bridgehead atoms.